The highest BCUT2D eigenvalue weighted by molar-refractivity contribution is 5.81. The van der Waals surface area contributed by atoms with Gasteiger partial charge in [-0.15, -0.1) is 0 Å². The number of carbonyl (C=O) groups excluding carboxylic acids is 1. The first-order valence-electron chi connectivity index (χ1n) is 7.98. The molecule has 2 aliphatic heterocycles. The highest BCUT2D eigenvalue weighted by Crippen LogP contribution is 2.44. The van der Waals surface area contributed by atoms with Crippen LogP contribution in [0.5, 0.6) is 0 Å². The van der Waals surface area contributed by atoms with E-state index in [4.69, 9.17) is 4.84 Å². The molecule has 4 nitrogen and oxygen atoms in total. The van der Waals surface area contributed by atoms with Crippen LogP contribution >= 0.6 is 0 Å². The first kappa shape index (κ1) is 14.3. The van der Waals surface area contributed by atoms with E-state index in [9.17, 15) is 4.79 Å². The number of carbonyl (C=O) groups is 1. The van der Waals surface area contributed by atoms with Crippen molar-refractivity contribution in [2.24, 2.45) is 0 Å². The molecule has 118 valence electrons. The van der Waals surface area contributed by atoms with E-state index < -0.39 is 6.10 Å². The van der Waals surface area contributed by atoms with Gasteiger partial charge in [0.25, 0.3) is 5.91 Å². The summed E-state index contributed by atoms with van der Waals surface area (Å²) >= 11 is 0. The predicted molar refractivity (Wildman–Crippen MR) is 89.1 cm³/mol. The Morgan fingerprint density at radius 2 is 1.78 bits per heavy atom. The Hall–Kier alpha value is -2.33. The van der Waals surface area contributed by atoms with E-state index in [0.29, 0.717) is 6.42 Å². The Labute approximate surface area is 136 Å². The lowest BCUT2D eigenvalue weighted by molar-refractivity contribution is -0.138. The van der Waals surface area contributed by atoms with Crippen LogP contribution in [0.3, 0.4) is 0 Å². The van der Waals surface area contributed by atoms with Gasteiger partial charge >= 0.3 is 0 Å². The lowest BCUT2D eigenvalue weighted by atomic mass is 9.95. The van der Waals surface area contributed by atoms with Crippen LogP contribution in [0, 0.1) is 0 Å². The fourth-order valence-corrected chi connectivity index (χ4v) is 3.56. The zero-order chi connectivity index (χ0) is 16.0. The molecule has 2 aromatic rings. The lowest BCUT2D eigenvalue weighted by Gasteiger charge is -2.25. The molecular formula is C19H20N2O2. The number of amides is 1. The van der Waals surface area contributed by atoms with Gasteiger partial charge in [0.05, 0.1) is 11.7 Å². The smallest absolute Gasteiger partial charge is 0.254 e. The van der Waals surface area contributed by atoms with Crippen molar-refractivity contribution in [3.05, 3.63) is 65.2 Å². The number of hydroxylamine groups is 1. The van der Waals surface area contributed by atoms with Crippen LogP contribution in [0.25, 0.3) is 0 Å². The monoisotopic (exact) mass is 308 g/mol. The van der Waals surface area contributed by atoms with E-state index in [1.54, 1.807) is 19.0 Å². The van der Waals surface area contributed by atoms with Crippen molar-refractivity contribution in [1.29, 1.82) is 0 Å². The number of hydrogen-bond donors (Lipinski definition) is 0. The Morgan fingerprint density at radius 1 is 1.09 bits per heavy atom. The Balaban J connectivity index is 1.81. The normalized spacial score (nSPS) is 21.9. The maximum atomic E-state index is 12.4. The molecule has 2 aliphatic rings. The maximum Gasteiger partial charge on any atom is 0.254 e. The van der Waals surface area contributed by atoms with E-state index in [2.05, 4.69) is 42.5 Å². The van der Waals surface area contributed by atoms with E-state index in [0.717, 1.165) is 12.1 Å². The van der Waals surface area contributed by atoms with Crippen molar-refractivity contribution < 1.29 is 9.63 Å². The average Bonchev–Trinajstić information content (AvgIpc) is 2.95. The molecule has 1 saturated heterocycles. The fourth-order valence-electron chi connectivity index (χ4n) is 3.56. The minimum absolute atomic E-state index is 0.0213. The first-order valence-corrected chi connectivity index (χ1v) is 7.98. The summed E-state index contributed by atoms with van der Waals surface area (Å²) in [6.45, 7) is 0. The molecule has 2 atom stereocenters. The van der Waals surface area contributed by atoms with Crippen LogP contribution in [0.4, 0.5) is 5.69 Å². The summed E-state index contributed by atoms with van der Waals surface area (Å²) in [6.07, 6.45) is 1.16. The summed E-state index contributed by atoms with van der Waals surface area (Å²) < 4.78 is 0. The molecule has 0 radical (unpaired) electrons. The van der Waals surface area contributed by atoms with Gasteiger partial charge in [0.15, 0.2) is 6.10 Å². The molecule has 0 spiro atoms. The summed E-state index contributed by atoms with van der Waals surface area (Å²) in [6, 6.07) is 16.9. The third-order valence-corrected chi connectivity index (χ3v) is 4.70. The van der Waals surface area contributed by atoms with E-state index in [1.807, 2.05) is 11.1 Å². The van der Waals surface area contributed by atoms with E-state index >= 15 is 0 Å². The van der Waals surface area contributed by atoms with Crippen LogP contribution in [0.15, 0.2) is 48.5 Å². The minimum Gasteiger partial charge on any atom is -0.346 e. The van der Waals surface area contributed by atoms with Crippen LogP contribution < -0.4 is 5.06 Å². The fraction of sp³-hybridized carbons (Fsp3) is 0.316. The lowest BCUT2D eigenvalue weighted by Crippen LogP contribution is -2.34. The molecule has 1 fully saturated rings. The Bertz CT molecular complexity index is 703. The van der Waals surface area contributed by atoms with Gasteiger partial charge in [-0.25, -0.2) is 5.06 Å². The third kappa shape index (κ3) is 2.30. The molecule has 2 aromatic carbocycles. The number of nitrogens with zero attached hydrogens (tertiary/aromatic N) is 2. The zero-order valence-electron chi connectivity index (χ0n) is 13.4. The van der Waals surface area contributed by atoms with Gasteiger partial charge in [0, 0.05) is 20.5 Å². The second-order valence-electron chi connectivity index (χ2n) is 6.41. The van der Waals surface area contributed by atoms with Crippen molar-refractivity contribution in [3.8, 4) is 0 Å². The summed E-state index contributed by atoms with van der Waals surface area (Å²) in [7, 11) is 3.55. The van der Waals surface area contributed by atoms with E-state index in [-0.39, 0.29) is 11.9 Å². The first-order chi connectivity index (χ1) is 11.1. The van der Waals surface area contributed by atoms with Gasteiger partial charge < -0.3 is 4.90 Å². The number of anilines is 1. The van der Waals surface area contributed by atoms with Gasteiger partial charge in [-0.1, -0.05) is 42.5 Å². The minimum atomic E-state index is -0.422. The molecule has 0 aromatic heterocycles. The van der Waals surface area contributed by atoms with Crippen LogP contribution in [0.1, 0.15) is 29.2 Å². The highest BCUT2D eigenvalue weighted by atomic mass is 16.7. The van der Waals surface area contributed by atoms with Crippen molar-refractivity contribution >= 4 is 11.6 Å². The van der Waals surface area contributed by atoms with Crippen molar-refractivity contribution in [2.75, 3.05) is 19.2 Å². The summed E-state index contributed by atoms with van der Waals surface area (Å²) in [5, 5.41) is 1.95. The SMILES string of the molecule is CN(C)C(=O)C1CC2c3ccccc3Cc3ccccc3N2O1. The molecule has 23 heavy (non-hydrogen) atoms. The van der Waals surface area contributed by atoms with Crippen LogP contribution in [-0.4, -0.2) is 31.0 Å². The van der Waals surface area contributed by atoms with Crippen molar-refractivity contribution in [1.82, 2.24) is 4.90 Å². The van der Waals surface area contributed by atoms with Gasteiger partial charge in [-0.2, -0.15) is 0 Å². The standard InChI is InChI=1S/C19H20N2O2/c1-20(2)19(22)18-12-17-15-9-5-3-7-13(15)11-14-8-4-6-10-16(14)21(17)23-18/h3-10,17-18H,11-12H2,1-2H3. The molecule has 4 heteroatoms. The molecule has 1 amide bonds. The molecule has 4 rings (SSSR count). The van der Waals surface area contributed by atoms with Gasteiger partial charge in [0.1, 0.15) is 0 Å². The average molecular weight is 308 g/mol. The molecule has 0 bridgehead atoms. The van der Waals surface area contributed by atoms with Crippen LogP contribution in [0.2, 0.25) is 0 Å². The largest absolute Gasteiger partial charge is 0.346 e. The third-order valence-electron chi connectivity index (χ3n) is 4.70. The highest BCUT2D eigenvalue weighted by Gasteiger charge is 2.42. The second kappa shape index (κ2) is 5.39. The number of fused-ring (bicyclic) bond motifs is 5. The zero-order valence-corrected chi connectivity index (χ0v) is 13.4. The van der Waals surface area contributed by atoms with Crippen molar-refractivity contribution in [2.45, 2.75) is 25.0 Å². The van der Waals surface area contributed by atoms with Crippen molar-refractivity contribution in [3.63, 3.8) is 0 Å². The number of para-hydroxylation sites is 1. The molecule has 2 heterocycles. The van der Waals surface area contributed by atoms with Gasteiger partial charge in [-0.05, 0) is 29.2 Å². The number of likely N-dealkylation sites (N-methyl/N-ethyl adjacent to an activating group) is 1. The number of hydrogen-bond acceptors (Lipinski definition) is 3. The molecular weight excluding hydrogens is 288 g/mol. The summed E-state index contributed by atoms with van der Waals surface area (Å²) in [5.41, 5.74) is 4.88. The Kier molecular flexibility index (Phi) is 3.34. The predicted octanol–water partition coefficient (Wildman–Crippen LogP) is 2.93. The molecule has 2 unspecified atom stereocenters. The van der Waals surface area contributed by atoms with Gasteiger partial charge in [0.2, 0.25) is 0 Å². The number of rotatable bonds is 1. The van der Waals surface area contributed by atoms with Gasteiger partial charge in [-0.3, -0.25) is 9.63 Å². The molecule has 0 N–H and O–H groups in total. The van der Waals surface area contributed by atoms with E-state index in [1.165, 1.54) is 16.7 Å². The quantitative estimate of drug-likeness (QED) is 0.812. The molecule has 0 aliphatic carbocycles. The topological polar surface area (TPSA) is 32.8 Å². The number of benzene rings is 2. The van der Waals surface area contributed by atoms with Crippen LogP contribution in [-0.2, 0) is 16.1 Å². The Morgan fingerprint density at radius 3 is 2.57 bits per heavy atom. The molecule has 0 saturated carbocycles. The summed E-state index contributed by atoms with van der Waals surface area (Å²) in [4.78, 5) is 20.1. The maximum absolute atomic E-state index is 12.4. The summed E-state index contributed by atoms with van der Waals surface area (Å²) in [5.74, 6) is 0.0213. The second-order valence-corrected chi connectivity index (χ2v) is 6.41.